The molecule has 0 amide bonds. The number of hydrogen-bond acceptors (Lipinski definition) is 0. The zero-order chi connectivity index (χ0) is 14.5. The summed E-state index contributed by atoms with van der Waals surface area (Å²) >= 11 is 0. The summed E-state index contributed by atoms with van der Waals surface area (Å²) in [4.78, 5) is 0. The van der Waals surface area contributed by atoms with Crippen molar-refractivity contribution < 1.29 is 57.4 Å². The number of hydrogen-bond donors (Lipinski definition) is 0. The molecule has 14 heteroatoms. The topological polar surface area (TPSA) is 0 Å². The monoisotopic (exact) mass is 326 g/mol. The normalized spacial score (nSPS) is 15.3. The van der Waals surface area contributed by atoms with E-state index in [9.17, 15) is 52.7 Å². The smallest absolute Gasteiger partial charge is 0.538 e. The van der Waals surface area contributed by atoms with E-state index in [2.05, 4.69) is 0 Å². The quantitative estimate of drug-likeness (QED) is 0.472. The van der Waals surface area contributed by atoms with Gasteiger partial charge >= 0.3 is 30.9 Å². The van der Waals surface area contributed by atoms with Crippen molar-refractivity contribution in [3.63, 3.8) is 0 Å². The van der Waals surface area contributed by atoms with Gasteiger partial charge in [-0.1, -0.05) is 0 Å². The molecule has 0 spiro atoms. The molecule has 0 unspecified atom stereocenters. The SMILES string of the molecule is FC(F)(F)[P+](C(F)(F)F)(C(F)(F)F)C(F)(F)F.[F-]. The van der Waals surface area contributed by atoms with Crippen LogP contribution < -0.4 is 4.70 Å². The van der Waals surface area contributed by atoms with Crippen molar-refractivity contribution in [1.29, 1.82) is 0 Å². The maximum absolute atomic E-state index is 11.8. The van der Waals surface area contributed by atoms with Crippen LogP contribution >= 0.6 is 7.26 Å². The van der Waals surface area contributed by atoms with Gasteiger partial charge in [0.25, 0.3) is 0 Å². The van der Waals surface area contributed by atoms with Crippen molar-refractivity contribution in [3.05, 3.63) is 0 Å². The third-order valence-electron chi connectivity index (χ3n) is 1.52. The molecule has 0 N–H and O–H groups in total. The number of halogens is 13. The summed E-state index contributed by atoms with van der Waals surface area (Å²) in [5.74, 6) is -30.0. The van der Waals surface area contributed by atoms with Crippen LogP contribution in [-0.2, 0) is 0 Å². The Morgan fingerprint density at radius 2 is 0.500 bits per heavy atom. The van der Waals surface area contributed by atoms with Gasteiger partial charge in [0.1, 0.15) is 0 Å². The molecule has 0 heterocycles. The molecular formula is C4F13P. The summed E-state index contributed by atoms with van der Waals surface area (Å²) < 4.78 is 141. The van der Waals surface area contributed by atoms with E-state index in [0.717, 1.165) is 0 Å². The highest BCUT2D eigenvalue weighted by atomic mass is 31.2. The molecular weight excluding hydrogens is 326 g/mol. The molecule has 0 saturated heterocycles. The van der Waals surface area contributed by atoms with Gasteiger partial charge in [0.15, 0.2) is 0 Å². The highest BCUT2D eigenvalue weighted by Crippen LogP contribution is 2.94. The van der Waals surface area contributed by atoms with Gasteiger partial charge in [-0.25, -0.2) is 0 Å². The Labute approximate surface area is 89.6 Å². The number of alkyl halides is 12. The Kier molecular flexibility index (Phi) is 5.04. The van der Waals surface area contributed by atoms with Crippen LogP contribution in [0.2, 0.25) is 0 Å². The molecule has 0 nitrogen and oxygen atoms in total. The lowest BCUT2D eigenvalue weighted by Gasteiger charge is -2.30. The number of rotatable bonds is 0. The first-order valence-corrected chi connectivity index (χ1v) is 4.95. The van der Waals surface area contributed by atoms with E-state index >= 15 is 0 Å². The Morgan fingerprint density at radius 1 is 0.389 bits per heavy atom. The highest BCUT2D eigenvalue weighted by Gasteiger charge is 3.04. The zero-order valence-corrected chi connectivity index (χ0v) is 8.26. The van der Waals surface area contributed by atoms with Gasteiger partial charge in [-0.15, -0.1) is 52.7 Å². The van der Waals surface area contributed by atoms with Gasteiger partial charge in [0, 0.05) is 0 Å². The van der Waals surface area contributed by atoms with Crippen LogP contribution in [0.5, 0.6) is 0 Å². The summed E-state index contributed by atoms with van der Waals surface area (Å²) in [5, 5.41) is 0. The molecule has 0 aliphatic carbocycles. The van der Waals surface area contributed by atoms with Crippen molar-refractivity contribution in [2.24, 2.45) is 0 Å². The van der Waals surface area contributed by atoms with Crippen LogP contribution in [0.3, 0.4) is 0 Å². The lowest BCUT2D eigenvalue weighted by atomic mass is 11.4. The molecule has 0 aliphatic rings. The average Bonchev–Trinajstić information content (AvgIpc) is 1.67. The fourth-order valence-electron chi connectivity index (χ4n) is 0.862. The summed E-state index contributed by atoms with van der Waals surface area (Å²) in [6, 6.07) is 0. The maximum atomic E-state index is 11.8. The highest BCUT2D eigenvalue weighted by molar-refractivity contribution is 7.79. The van der Waals surface area contributed by atoms with Gasteiger partial charge in [-0.2, -0.15) is 0 Å². The predicted octanol–water partition coefficient (Wildman–Crippen LogP) is 2.09. The second kappa shape index (κ2) is 4.57. The van der Waals surface area contributed by atoms with E-state index in [1.54, 1.807) is 0 Å². The minimum atomic E-state index is -9.23. The Balaban J connectivity index is 0. The van der Waals surface area contributed by atoms with E-state index < -0.39 is 30.9 Å². The molecule has 112 valence electrons. The third-order valence-corrected chi connectivity index (χ3v) is 4.56. The third kappa shape index (κ3) is 2.59. The second-order valence-corrected chi connectivity index (χ2v) is 5.91. The Morgan fingerprint density at radius 3 is 0.500 bits per heavy atom. The van der Waals surface area contributed by atoms with Gasteiger partial charge < -0.3 is 4.70 Å². The summed E-state index contributed by atoms with van der Waals surface area (Å²) in [7, 11) is -9.23. The van der Waals surface area contributed by atoms with E-state index in [1.807, 2.05) is 0 Å². The van der Waals surface area contributed by atoms with Crippen molar-refractivity contribution in [3.8, 4) is 0 Å². The van der Waals surface area contributed by atoms with Crippen molar-refractivity contribution in [2.75, 3.05) is 0 Å². The first kappa shape index (κ1) is 19.9. The maximum Gasteiger partial charge on any atom is 0.538 e. The summed E-state index contributed by atoms with van der Waals surface area (Å²) in [6.45, 7) is 0. The van der Waals surface area contributed by atoms with E-state index in [0.29, 0.717) is 0 Å². The van der Waals surface area contributed by atoms with Crippen LogP contribution in [0.15, 0.2) is 0 Å². The van der Waals surface area contributed by atoms with Gasteiger partial charge in [-0.05, 0) is 0 Å². The van der Waals surface area contributed by atoms with Crippen LogP contribution in [0.4, 0.5) is 52.7 Å². The molecule has 0 radical (unpaired) electrons. The first-order valence-electron chi connectivity index (χ1n) is 3.16. The Bertz CT molecular complexity index is 212. The van der Waals surface area contributed by atoms with Crippen LogP contribution in [-0.4, -0.2) is 23.7 Å². The van der Waals surface area contributed by atoms with Crippen molar-refractivity contribution in [2.45, 2.75) is 23.7 Å². The zero-order valence-electron chi connectivity index (χ0n) is 7.36. The van der Waals surface area contributed by atoms with Gasteiger partial charge in [-0.3, -0.25) is 0 Å². The molecule has 0 aromatic rings. The van der Waals surface area contributed by atoms with Crippen LogP contribution in [0.25, 0.3) is 0 Å². The van der Waals surface area contributed by atoms with E-state index in [-0.39, 0.29) is 4.70 Å². The largest absolute Gasteiger partial charge is 1.00 e. The molecule has 0 rings (SSSR count). The predicted molar refractivity (Wildman–Crippen MR) is 31.1 cm³/mol. The van der Waals surface area contributed by atoms with Gasteiger partial charge in [0.2, 0.25) is 0 Å². The second-order valence-electron chi connectivity index (χ2n) is 2.54. The molecule has 0 fully saturated rings. The van der Waals surface area contributed by atoms with E-state index in [1.165, 1.54) is 0 Å². The van der Waals surface area contributed by atoms with Gasteiger partial charge in [0.05, 0.1) is 0 Å². The Hall–Kier alpha value is -0.480. The first-order chi connectivity index (χ1) is 7.00. The minimum absolute atomic E-state index is 0. The fraction of sp³-hybridized carbons (Fsp3) is 1.00. The molecule has 0 aromatic heterocycles. The average molecular weight is 326 g/mol. The summed E-state index contributed by atoms with van der Waals surface area (Å²) in [6.07, 6.45) is 0. The van der Waals surface area contributed by atoms with Crippen molar-refractivity contribution >= 4 is 7.26 Å². The van der Waals surface area contributed by atoms with Crippen LogP contribution in [0, 0.1) is 0 Å². The minimum Gasteiger partial charge on any atom is -1.00 e. The van der Waals surface area contributed by atoms with Crippen LogP contribution in [0.1, 0.15) is 0 Å². The molecule has 0 atom stereocenters. The standard InChI is InChI=1S/C4F12P.FH/c5-1(6,7)17(2(8,9)10,3(11,12)13)4(14,15)16;/h;1H/q+1;/p-1. The summed E-state index contributed by atoms with van der Waals surface area (Å²) in [5.41, 5.74) is 0. The molecule has 0 saturated carbocycles. The molecule has 0 aliphatic heterocycles. The van der Waals surface area contributed by atoms with Crippen molar-refractivity contribution in [1.82, 2.24) is 0 Å². The molecule has 0 aromatic carbocycles. The molecule has 18 heavy (non-hydrogen) atoms. The fourth-order valence-corrected chi connectivity index (χ4v) is 2.59. The lowest BCUT2D eigenvalue weighted by Crippen LogP contribution is -3.00. The lowest BCUT2D eigenvalue weighted by molar-refractivity contribution is -0.170. The van der Waals surface area contributed by atoms with E-state index in [4.69, 9.17) is 0 Å². The molecule has 0 bridgehead atoms.